The molecule has 0 radical (unpaired) electrons. The Morgan fingerprint density at radius 3 is 2.56 bits per heavy atom. The fourth-order valence-electron chi connectivity index (χ4n) is 1.70. The first-order valence-electron chi connectivity index (χ1n) is 5.80. The van der Waals surface area contributed by atoms with Gasteiger partial charge in [-0.2, -0.15) is 0 Å². The molecule has 3 nitrogen and oxygen atoms in total. The Morgan fingerprint density at radius 2 is 2.00 bits per heavy atom. The van der Waals surface area contributed by atoms with Gasteiger partial charge in [0.2, 0.25) is 0 Å². The quantitative estimate of drug-likeness (QED) is 0.800. The number of aliphatic hydroxyl groups excluding tert-OH is 1. The molecule has 90 valence electrons. The molecule has 1 aromatic rings. The Balaban J connectivity index is 3.03. The van der Waals surface area contributed by atoms with Gasteiger partial charge in [-0.1, -0.05) is 25.1 Å². The number of hydrogen-bond donors (Lipinski definition) is 2. The van der Waals surface area contributed by atoms with Crippen LogP contribution < -0.4 is 10.6 Å². The van der Waals surface area contributed by atoms with Gasteiger partial charge in [0, 0.05) is 24.8 Å². The number of likely N-dealkylation sites (N-methyl/N-ethyl adjacent to an activating group) is 1. The van der Waals surface area contributed by atoms with Crippen LogP contribution in [0.4, 0.5) is 5.69 Å². The summed E-state index contributed by atoms with van der Waals surface area (Å²) in [5.41, 5.74) is 8.34. The fraction of sp³-hybridized carbons (Fsp3) is 0.538. The Hall–Kier alpha value is -1.06. The molecule has 3 heteroatoms. The van der Waals surface area contributed by atoms with Gasteiger partial charge in [0.15, 0.2) is 0 Å². The predicted molar refractivity (Wildman–Crippen MR) is 68.6 cm³/mol. The van der Waals surface area contributed by atoms with Crippen LogP contribution in [0.5, 0.6) is 0 Å². The molecule has 0 saturated carbocycles. The summed E-state index contributed by atoms with van der Waals surface area (Å²) in [5, 5.41) is 9.18. The summed E-state index contributed by atoms with van der Waals surface area (Å²) in [5.74, 6) is 0. The third-order valence-corrected chi connectivity index (χ3v) is 3.08. The molecule has 1 rings (SSSR count). The van der Waals surface area contributed by atoms with Crippen molar-refractivity contribution in [3.05, 3.63) is 29.8 Å². The van der Waals surface area contributed by atoms with E-state index in [1.165, 1.54) is 0 Å². The lowest BCUT2D eigenvalue weighted by atomic mass is 10.0. The summed E-state index contributed by atoms with van der Waals surface area (Å²) >= 11 is 0. The molecular formula is C13H22N2O. The highest BCUT2D eigenvalue weighted by atomic mass is 16.3. The molecule has 0 amide bonds. The lowest BCUT2D eigenvalue weighted by molar-refractivity contribution is 0.270. The molecule has 0 aliphatic carbocycles. The van der Waals surface area contributed by atoms with Crippen molar-refractivity contribution in [2.45, 2.75) is 32.4 Å². The van der Waals surface area contributed by atoms with Crippen molar-refractivity contribution >= 4 is 5.69 Å². The van der Waals surface area contributed by atoms with Crippen LogP contribution in [-0.2, 0) is 0 Å². The van der Waals surface area contributed by atoms with Crippen LogP contribution in [0.3, 0.4) is 0 Å². The molecule has 0 saturated heterocycles. The van der Waals surface area contributed by atoms with Gasteiger partial charge in [0.1, 0.15) is 0 Å². The summed E-state index contributed by atoms with van der Waals surface area (Å²) in [6, 6.07) is 8.28. The van der Waals surface area contributed by atoms with E-state index in [2.05, 4.69) is 24.0 Å². The number of aliphatic hydroxyl groups is 1. The number of rotatable bonds is 5. The monoisotopic (exact) mass is 222 g/mol. The summed E-state index contributed by atoms with van der Waals surface area (Å²) in [7, 11) is 1.99. The van der Waals surface area contributed by atoms with Gasteiger partial charge in [0.25, 0.3) is 0 Å². The van der Waals surface area contributed by atoms with Crippen LogP contribution >= 0.6 is 0 Å². The molecule has 0 aromatic heterocycles. The minimum atomic E-state index is 0.0598. The normalized spacial score (nSPS) is 14.6. The van der Waals surface area contributed by atoms with Gasteiger partial charge >= 0.3 is 0 Å². The zero-order valence-electron chi connectivity index (χ0n) is 10.4. The molecule has 1 unspecified atom stereocenters. The molecular weight excluding hydrogens is 200 g/mol. The van der Waals surface area contributed by atoms with Crippen LogP contribution in [0.15, 0.2) is 24.3 Å². The van der Waals surface area contributed by atoms with Crippen molar-refractivity contribution in [1.82, 2.24) is 0 Å². The van der Waals surface area contributed by atoms with Crippen LogP contribution in [-0.4, -0.2) is 24.8 Å². The van der Waals surface area contributed by atoms with Crippen molar-refractivity contribution < 1.29 is 5.11 Å². The van der Waals surface area contributed by atoms with Gasteiger partial charge < -0.3 is 15.7 Å². The highest BCUT2D eigenvalue weighted by molar-refractivity contribution is 5.55. The number of anilines is 1. The SMILES string of the molecule is CC[C@H](N)c1ccccc1N(C)C(C)CO. The number of nitrogens with zero attached hydrogens (tertiary/aromatic N) is 1. The first kappa shape index (κ1) is 13.0. The Kier molecular flexibility index (Phi) is 4.77. The van der Waals surface area contributed by atoms with Crippen molar-refractivity contribution in [3.63, 3.8) is 0 Å². The maximum Gasteiger partial charge on any atom is 0.0632 e. The highest BCUT2D eigenvalue weighted by Crippen LogP contribution is 2.26. The van der Waals surface area contributed by atoms with Gasteiger partial charge in [0.05, 0.1) is 6.61 Å². The van der Waals surface area contributed by atoms with Gasteiger partial charge in [-0.05, 0) is 25.0 Å². The average Bonchev–Trinajstić information content (AvgIpc) is 2.35. The van der Waals surface area contributed by atoms with Gasteiger partial charge in [-0.15, -0.1) is 0 Å². The maximum absolute atomic E-state index is 9.18. The second-order valence-corrected chi connectivity index (χ2v) is 4.22. The minimum absolute atomic E-state index is 0.0598. The van der Waals surface area contributed by atoms with E-state index >= 15 is 0 Å². The third-order valence-electron chi connectivity index (χ3n) is 3.08. The lowest BCUT2D eigenvalue weighted by Crippen LogP contribution is -2.33. The van der Waals surface area contributed by atoms with E-state index in [0.717, 1.165) is 17.7 Å². The van der Waals surface area contributed by atoms with Crippen LogP contribution in [0.1, 0.15) is 31.9 Å². The largest absolute Gasteiger partial charge is 0.394 e. The Morgan fingerprint density at radius 1 is 1.38 bits per heavy atom. The van der Waals surface area contributed by atoms with E-state index in [-0.39, 0.29) is 18.7 Å². The Bertz CT molecular complexity index is 327. The molecule has 16 heavy (non-hydrogen) atoms. The molecule has 1 aromatic carbocycles. The molecule has 0 spiro atoms. The predicted octanol–water partition coefficient (Wildman–Crippen LogP) is 1.91. The Labute approximate surface area is 97.9 Å². The van der Waals surface area contributed by atoms with E-state index in [1.807, 2.05) is 26.1 Å². The summed E-state index contributed by atoms with van der Waals surface area (Å²) in [6.45, 7) is 4.22. The second-order valence-electron chi connectivity index (χ2n) is 4.22. The van der Waals surface area contributed by atoms with Crippen molar-refractivity contribution in [1.29, 1.82) is 0 Å². The second kappa shape index (κ2) is 5.87. The van der Waals surface area contributed by atoms with E-state index < -0.39 is 0 Å². The van der Waals surface area contributed by atoms with Crippen LogP contribution in [0.2, 0.25) is 0 Å². The van der Waals surface area contributed by atoms with Crippen LogP contribution in [0.25, 0.3) is 0 Å². The molecule has 0 fully saturated rings. The smallest absolute Gasteiger partial charge is 0.0632 e. The molecule has 0 aliphatic rings. The fourth-order valence-corrected chi connectivity index (χ4v) is 1.70. The number of hydrogen-bond acceptors (Lipinski definition) is 3. The summed E-state index contributed by atoms with van der Waals surface area (Å²) < 4.78 is 0. The van der Waals surface area contributed by atoms with Gasteiger partial charge in [-0.3, -0.25) is 0 Å². The van der Waals surface area contributed by atoms with Crippen molar-refractivity contribution in [2.75, 3.05) is 18.6 Å². The van der Waals surface area contributed by atoms with E-state index in [9.17, 15) is 5.11 Å². The first-order valence-corrected chi connectivity index (χ1v) is 5.80. The first-order chi connectivity index (χ1) is 7.61. The zero-order chi connectivity index (χ0) is 12.1. The molecule has 2 atom stereocenters. The zero-order valence-corrected chi connectivity index (χ0v) is 10.4. The minimum Gasteiger partial charge on any atom is -0.394 e. The number of benzene rings is 1. The molecule has 0 bridgehead atoms. The lowest BCUT2D eigenvalue weighted by Gasteiger charge is -2.29. The van der Waals surface area contributed by atoms with Gasteiger partial charge in [-0.25, -0.2) is 0 Å². The number of nitrogens with two attached hydrogens (primary N) is 1. The number of para-hydroxylation sites is 1. The van der Waals surface area contributed by atoms with Crippen molar-refractivity contribution in [2.24, 2.45) is 5.73 Å². The van der Waals surface area contributed by atoms with E-state index in [0.29, 0.717) is 0 Å². The van der Waals surface area contributed by atoms with E-state index in [1.54, 1.807) is 0 Å². The van der Waals surface area contributed by atoms with Crippen molar-refractivity contribution in [3.8, 4) is 0 Å². The standard InChI is InChI=1S/C13H22N2O/c1-4-12(14)11-7-5-6-8-13(11)15(3)10(2)9-16/h5-8,10,12,16H,4,9,14H2,1-3H3/t10?,12-/m0/s1. The van der Waals surface area contributed by atoms with E-state index in [4.69, 9.17) is 5.73 Å². The molecule has 0 aliphatic heterocycles. The van der Waals surface area contributed by atoms with Crippen LogP contribution in [0, 0.1) is 0 Å². The third kappa shape index (κ3) is 2.74. The maximum atomic E-state index is 9.18. The topological polar surface area (TPSA) is 49.5 Å². The molecule has 0 heterocycles. The summed E-state index contributed by atoms with van der Waals surface area (Å²) in [4.78, 5) is 2.07. The highest BCUT2D eigenvalue weighted by Gasteiger charge is 2.15. The summed E-state index contributed by atoms with van der Waals surface area (Å²) in [6.07, 6.45) is 0.915. The average molecular weight is 222 g/mol. The molecule has 3 N–H and O–H groups in total.